The van der Waals surface area contributed by atoms with Crippen molar-refractivity contribution in [3.8, 4) is 17.3 Å². The van der Waals surface area contributed by atoms with Crippen molar-refractivity contribution in [1.29, 1.82) is 0 Å². The Balaban J connectivity index is 1.54. The predicted octanol–water partition coefficient (Wildman–Crippen LogP) is 3.99. The van der Waals surface area contributed by atoms with Crippen LogP contribution in [0.4, 0.5) is 0 Å². The van der Waals surface area contributed by atoms with Crippen molar-refractivity contribution in [3.63, 3.8) is 0 Å². The number of rotatable bonds is 7. The molecule has 2 amide bonds. The summed E-state index contributed by atoms with van der Waals surface area (Å²) in [7, 11) is 0. The summed E-state index contributed by atoms with van der Waals surface area (Å²) in [5.41, 5.74) is 10.3. The van der Waals surface area contributed by atoms with Gasteiger partial charge in [0, 0.05) is 18.5 Å². The lowest BCUT2D eigenvalue weighted by atomic mass is 9.90. The summed E-state index contributed by atoms with van der Waals surface area (Å²) in [6.45, 7) is 3.36. The fraction of sp³-hybridized carbons (Fsp3) is 0.333. The smallest absolute Gasteiger partial charge is 0.296 e. The first kappa shape index (κ1) is 22.8. The van der Waals surface area contributed by atoms with Gasteiger partial charge < -0.3 is 20.8 Å². The standard InChI is InChI=1S/C24H26ClN5O3/c1-3-20(22(26)32)33-24-28-19-12-18(25)21(29-23(19)30-24)16-6-4-14(5-7-16)15-8-10-17(11-9-15)27-13(2)31/h4-8,12,17,20H,3,9-11H2,1-2H3,(H2,26,32)(H,27,31)(H,28,29,30). The fourth-order valence-corrected chi connectivity index (χ4v) is 4.25. The van der Waals surface area contributed by atoms with Gasteiger partial charge >= 0.3 is 0 Å². The molecule has 0 bridgehead atoms. The molecule has 2 unspecified atom stereocenters. The van der Waals surface area contributed by atoms with Gasteiger partial charge in [0.05, 0.1) is 16.2 Å². The highest BCUT2D eigenvalue weighted by Gasteiger charge is 2.19. The van der Waals surface area contributed by atoms with Gasteiger partial charge in [0.2, 0.25) is 5.91 Å². The number of pyridine rings is 1. The Labute approximate surface area is 196 Å². The number of halogens is 1. The molecule has 1 aliphatic rings. The number of carbonyl (C=O) groups is 2. The van der Waals surface area contributed by atoms with E-state index in [-0.39, 0.29) is 18.0 Å². The number of primary amides is 1. The molecule has 172 valence electrons. The molecule has 0 radical (unpaired) electrons. The number of amides is 2. The number of nitrogens with one attached hydrogen (secondary N) is 2. The van der Waals surface area contributed by atoms with Crippen LogP contribution < -0.4 is 15.8 Å². The Bertz CT molecular complexity index is 1220. The number of nitrogens with two attached hydrogens (primary N) is 1. The van der Waals surface area contributed by atoms with E-state index in [1.165, 1.54) is 5.57 Å². The summed E-state index contributed by atoms with van der Waals surface area (Å²) in [5, 5.41) is 3.45. The van der Waals surface area contributed by atoms with E-state index in [2.05, 4.69) is 38.5 Å². The van der Waals surface area contributed by atoms with Crippen LogP contribution in [-0.4, -0.2) is 38.9 Å². The predicted molar refractivity (Wildman–Crippen MR) is 128 cm³/mol. The van der Waals surface area contributed by atoms with Crippen LogP contribution in [0.3, 0.4) is 0 Å². The number of ether oxygens (including phenoxy) is 1. The van der Waals surface area contributed by atoms with Gasteiger partial charge in [0.1, 0.15) is 0 Å². The topological polar surface area (TPSA) is 123 Å². The lowest BCUT2D eigenvalue weighted by molar-refractivity contribution is -0.125. The zero-order valence-corrected chi connectivity index (χ0v) is 19.3. The summed E-state index contributed by atoms with van der Waals surface area (Å²) < 4.78 is 5.55. The van der Waals surface area contributed by atoms with Crippen molar-refractivity contribution in [3.05, 3.63) is 47.0 Å². The van der Waals surface area contributed by atoms with E-state index in [1.807, 2.05) is 12.1 Å². The third-order valence-electron chi connectivity index (χ3n) is 5.69. The fourth-order valence-electron chi connectivity index (χ4n) is 3.99. The number of nitrogens with zero attached hydrogens (tertiary/aromatic N) is 2. The summed E-state index contributed by atoms with van der Waals surface area (Å²) in [6, 6.07) is 10.2. The third kappa shape index (κ3) is 5.17. The van der Waals surface area contributed by atoms with Crippen LogP contribution in [-0.2, 0) is 9.59 Å². The highest BCUT2D eigenvalue weighted by molar-refractivity contribution is 6.33. The van der Waals surface area contributed by atoms with E-state index >= 15 is 0 Å². The number of hydrogen-bond donors (Lipinski definition) is 3. The first-order valence-corrected chi connectivity index (χ1v) is 11.3. The number of aromatic nitrogens is 3. The van der Waals surface area contributed by atoms with Gasteiger partial charge in [0.15, 0.2) is 11.8 Å². The van der Waals surface area contributed by atoms with Crippen molar-refractivity contribution in [2.45, 2.75) is 51.7 Å². The molecule has 0 aliphatic heterocycles. The summed E-state index contributed by atoms with van der Waals surface area (Å²) in [6.07, 6.45) is 4.53. The molecule has 2 atom stereocenters. The van der Waals surface area contributed by atoms with Gasteiger partial charge in [-0.1, -0.05) is 48.9 Å². The van der Waals surface area contributed by atoms with Crippen molar-refractivity contribution in [1.82, 2.24) is 20.3 Å². The Hall–Kier alpha value is -3.39. The number of H-pyrrole nitrogens is 1. The number of carbonyl (C=O) groups excluding carboxylic acids is 2. The number of aromatic amines is 1. The quantitative estimate of drug-likeness (QED) is 0.484. The van der Waals surface area contributed by atoms with Crippen LogP contribution in [0.2, 0.25) is 5.02 Å². The lowest BCUT2D eigenvalue weighted by Crippen LogP contribution is -2.33. The molecule has 3 aromatic rings. The average molecular weight is 468 g/mol. The average Bonchev–Trinajstić information content (AvgIpc) is 3.18. The van der Waals surface area contributed by atoms with Crippen LogP contribution in [0.5, 0.6) is 6.01 Å². The van der Waals surface area contributed by atoms with Crippen molar-refractivity contribution >= 4 is 40.2 Å². The highest BCUT2D eigenvalue weighted by Crippen LogP contribution is 2.32. The first-order chi connectivity index (χ1) is 15.8. The molecule has 2 aromatic heterocycles. The van der Waals surface area contributed by atoms with E-state index in [4.69, 9.17) is 22.1 Å². The zero-order valence-electron chi connectivity index (χ0n) is 18.5. The van der Waals surface area contributed by atoms with Crippen LogP contribution in [0, 0.1) is 0 Å². The summed E-state index contributed by atoms with van der Waals surface area (Å²) >= 11 is 6.51. The monoisotopic (exact) mass is 467 g/mol. The minimum Gasteiger partial charge on any atom is -0.451 e. The van der Waals surface area contributed by atoms with Gasteiger partial charge in [-0.25, -0.2) is 4.98 Å². The maximum absolute atomic E-state index is 11.4. The Kier molecular flexibility index (Phi) is 6.65. The first-order valence-electron chi connectivity index (χ1n) is 10.9. The van der Waals surface area contributed by atoms with E-state index < -0.39 is 12.0 Å². The summed E-state index contributed by atoms with van der Waals surface area (Å²) in [4.78, 5) is 34.6. The maximum atomic E-state index is 11.4. The van der Waals surface area contributed by atoms with Gasteiger partial charge in [0.25, 0.3) is 11.9 Å². The van der Waals surface area contributed by atoms with Crippen LogP contribution in [0.1, 0.15) is 45.1 Å². The second kappa shape index (κ2) is 9.62. The Morgan fingerprint density at radius 3 is 2.61 bits per heavy atom. The van der Waals surface area contributed by atoms with Crippen molar-refractivity contribution in [2.75, 3.05) is 0 Å². The molecule has 1 aromatic carbocycles. The van der Waals surface area contributed by atoms with Crippen molar-refractivity contribution < 1.29 is 14.3 Å². The molecule has 0 saturated heterocycles. The molecule has 9 heteroatoms. The molecule has 0 fully saturated rings. The molecule has 1 aliphatic carbocycles. The zero-order chi connectivity index (χ0) is 23.5. The molecule has 4 rings (SSSR count). The van der Waals surface area contributed by atoms with Gasteiger partial charge in [-0.15, -0.1) is 0 Å². The van der Waals surface area contributed by atoms with Crippen molar-refractivity contribution in [2.24, 2.45) is 5.73 Å². The van der Waals surface area contributed by atoms with E-state index in [1.54, 1.807) is 19.9 Å². The van der Waals surface area contributed by atoms with Gasteiger partial charge in [-0.2, -0.15) is 4.98 Å². The lowest BCUT2D eigenvalue weighted by Gasteiger charge is -2.22. The minimum atomic E-state index is -0.768. The number of fused-ring (bicyclic) bond motifs is 1. The van der Waals surface area contributed by atoms with E-state index in [9.17, 15) is 9.59 Å². The number of hydrogen-bond acceptors (Lipinski definition) is 5. The Morgan fingerprint density at radius 1 is 1.27 bits per heavy atom. The number of benzene rings is 1. The minimum absolute atomic E-state index is 0.0104. The van der Waals surface area contributed by atoms with Crippen LogP contribution in [0.15, 0.2) is 36.4 Å². The molecule has 8 nitrogen and oxygen atoms in total. The van der Waals surface area contributed by atoms with E-state index in [0.717, 1.165) is 30.4 Å². The summed E-state index contributed by atoms with van der Waals surface area (Å²) in [5.74, 6) is -0.542. The number of imidazole rings is 1. The molecule has 0 saturated carbocycles. The molecular weight excluding hydrogens is 442 g/mol. The molecule has 4 N–H and O–H groups in total. The second-order valence-electron chi connectivity index (χ2n) is 8.13. The van der Waals surface area contributed by atoms with Gasteiger partial charge in [-0.3, -0.25) is 9.59 Å². The van der Waals surface area contributed by atoms with Crippen LogP contribution >= 0.6 is 11.6 Å². The van der Waals surface area contributed by atoms with Gasteiger partial charge in [-0.05, 0) is 42.9 Å². The Morgan fingerprint density at radius 2 is 2.00 bits per heavy atom. The highest BCUT2D eigenvalue weighted by atomic mass is 35.5. The normalized spacial score (nSPS) is 16.8. The number of allylic oxidation sites excluding steroid dienone is 1. The molecule has 0 spiro atoms. The molecule has 33 heavy (non-hydrogen) atoms. The molecule has 2 heterocycles. The second-order valence-corrected chi connectivity index (χ2v) is 8.53. The largest absolute Gasteiger partial charge is 0.451 e. The molecular formula is C24H26ClN5O3. The SMILES string of the molecule is CCC(Oc1nc2nc(-c3ccc(C4=CCC(NC(C)=O)CC4)cc3)c(Cl)cc2[nH]1)C(N)=O. The van der Waals surface area contributed by atoms with Crippen LogP contribution in [0.25, 0.3) is 28.0 Å². The third-order valence-corrected chi connectivity index (χ3v) is 5.98. The van der Waals surface area contributed by atoms with E-state index in [0.29, 0.717) is 28.3 Å². The maximum Gasteiger partial charge on any atom is 0.296 e.